The lowest BCUT2D eigenvalue weighted by atomic mass is 10.0. The first-order chi connectivity index (χ1) is 17.1. The van der Waals surface area contributed by atoms with Crippen LogP contribution in [0.15, 0.2) is 54.9 Å². The Hall–Kier alpha value is -4.20. The number of rotatable bonds is 6. The molecule has 1 aliphatic rings. The Balaban J connectivity index is 1.39. The van der Waals surface area contributed by atoms with Crippen molar-refractivity contribution in [1.29, 1.82) is 0 Å². The van der Waals surface area contributed by atoms with Crippen molar-refractivity contribution in [1.82, 2.24) is 25.1 Å². The van der Waals surface area contributed by atoms with E-state index in [1.807, 2.05) is 31.3 Å². The van der Waals surface area contributed by atoms with Gasteiger partial charge >= 0.3 is 0 Å². The fourth-order valence-corrected chi connectivity index (χ4v) is 4.46. The number of nitrogens with one attached hydrogen (secondary N) is 1. The van der Waals surface area contributed by atoms with Gasteiger partial charge in [-0.05, 0) is 49.4 Å². The number of fused-ring (bicyclic) bond motifs is 3. The summed E-state index contributed by atoms with van der Waals surface area (Å²) in [7, 11) is 3.19. The van der Waals surface area contributed by atoms with E-state index in [2.05, 4.69) is 33.6 Å². The zero-order valence-corrected chi connectivity index (χ0v) is 20.0. The van der Waals surface area contributed by atoms with Gasteiger partial charge in [0.25, 0.3) is 11.9 Å². The first-order valence-corrected chi connectivity index (χ1v) is 11.6. The van der Waals surface area contributed by atoms with Crippen molar-refractivity contribution in [3.8, 4) is 28.7 Å². The summed E-state index contributed by atoms with van der Waals surface area (Å²) in [6.45, 7) is 2.15. The lowest BCUT2D eigenvalue weighted by molar-refractivity contribution is 0.0950. The second kappa shape index (κ2) is 9.58. The van der Waals surface area contributed by atoms with Gasteiger partial charge in [-0.25, -0.2) is 14.6 Å². The minimum atomic E-state index is -0.230. The topological polar surface area (TPSA) is 91.2 Å². The molecule has 4 aromatic rings. The molecule has 178 valence electrons. The van der Waals surface area contributed by atoms with Crippen LogP contribution >= 0.6 is 0 Å². The van der Waals surface area contributed by atoms with E-state index < -0.39 is 0 Å². The molecule has 8 heteroatoms. The Morgan fingerprint density at radius 1 is 1.06 bits per heavy atom. The molecular formula is C27H27N5O3. The lowest BCUT2D eigenvalue weighted by Crippen LogP contribution is -2.23. The number of carbonyl (C=O) groups is 1. The van der Waals surface area contributed by atoms with Gasteiger partial charge in [-0.2, -0.15) is 5.10 Å². The monoisotopic (exact) mass is 469 g/mol. The van der Waals surface area contributed by atoms with Gasteiger partial charge in [0.1, 0.15) is 11.5 Å². The molecule has 0 radical (unpaired) electrons. The maximum atomic E-state index is 13.0. The van der Waals surface area contributed by atoms with Crippen LogP contribution in [0.4, 0.5) is 0 Å². The van der Waals surface area contributed by atoms with Crippen molar-refractivity contribution < 1.29 is 14.3 Å². The first kappa shape index (κ1) is 22.6. The van der Waals surface area contributed by atoms with Gasteiger partial charge in [0.2, 0.25) is 0 Å². The zero-order valence-electron chi connectivity index (χ0n) is 20.0. The molecule has 0 saturated carbocycles. The summed E-state index contributed by atoms with van der Waals surface area (Å²) in [5.74, 6) is 1.56. The van der Waals surface area contributed by atoms with E-state index in [9.17, 15) is 4.79 Å². The third-order valence-corrected chi connectivity index (χ3v) is 6.39. The van der Waals surface area contributed by atoms with E-state index in [-0.39, 0.29) is 5.91 Å². The highest BCUT2D eigenvalue weighted by molar-refractivity contribution is 5.95. The molecule has 0 atom stereocenters. The average molecular weight is 470 g/mol. The van der Waals surface area contributed by atoms with Crippen molar-refractivity contribution in [2.45, 2.75) is 32.7 Å². The van der Waals surface area contributed by atoms with Crippen LogP contribution in [0.2, 0.25) is 0 Å². The summed E-state index contributed by atoms with van der Waals surface area (Å²) in [6.07, 6.45) is 6.46. The number of methoxy groups -OCH3 is 2. The molecule has 0 unspecified atom stereocenters. The molecule has 2 aromatic carbocycles. The van der Waals surface area contributed by atoms with E-state index in [1.54, 1.807) is 31.2 Å². The quantitative estimate of drug-likeness (QED) is 0.458. The van der Waals surface area contributed by atoms with E-state index in [4.69, 9.17) is 14.5 Å². The van der Waals surface area contributed by atoms with E-state index in [0.717, 1.165) is 41.6 Å². The average Bonchev–Trinajstić information content (AvgIpc) is 3.18. The van der Waals surface area contributed by atoms with Gasteiger partial charge in [-0.15, -0.1) is 0 Å². The van der Waals surface area contributed by atoms with Crippen molar-refractivity contribution >= 4 is 5.91 Å². The molecule has 0 fully saturated rings. The molecule has 2 aromatic heterocycles. The number of aryl methyl sites for hydroxylation is 2. The van der Waals surface area contributed by atoms with Crippen LogP contribution < -0.4 is 14.8 Å². The minimum absolute atomic E-state index is 0.230. The van der Waals surface area contributed by atoms with Crippen LogP contribution in [0.5, 0.6) is 11.5 Å². The second-order valence-corrected chi connectivity index (χ2v) is 8.47. The van der Waals surface area contributed by atoms with Gasteiger partial charge in [-0.1, -0.05) is 24.3 Å². The number of ether oxygens (including phenoxy) is 2. The molecule has 0 spiro atoms. The Bertz CT molecular complexity index is 1400. The van der Waals surface area contributed by atoms with Crippen LogP contribution in [-0.2, 0) is 19.4 Å². The van der Waals surface area contributed by atoms with Crippen molar-refractivity contribution in [3.05, 3.63) is 82.8 Å². The number of hydrogen-bond donors (Lipinski definition) is 1. The molecule has 0 bridgehead atoms. The highest BCUT2D eigenvalue weighted by atomic mass is 16.5. The van der Waals surface area contributed by atoms with E-state index >= 15 is 0 Å². The number of benzene rings is 2. The largest absolute Gasteiger partial charge is 0.497 e. The number of carbonyl (C=O) groups excluding carboxylic acids is 1. The van der Waals surface area contributed by atoms with Gasteiger partial charge in [0.15, 0.2) is 0 Å². The molecule has 1 amide bonds. The normalized spacial score (nSPS) is 12.3. The standard InChI is InChI=1S/C27H27N5O3/c1-17-23(26(33)28-14-19-11-12-21(34-2)13-24(19)35-3)16-30-32(17)27-29-15-20-9-6-8-18-7-4-5-10-22(18)25(20)31-27/h4-5,7,10-13,15-16H,6,8-9,14H2,1-3H3,(H,28,33). The maximum Gasteiger partial charge on any atom is 0.255 e. The van der Waals surface area contributed by atoms with Crippen LogP contribution in [-0.4, -0.2) is 39.9 Å². The summed E-state index contributed by atoms with van der Waals surface area (Å²) in [4.78, 5) is 22.4. The number of amides is 1. The number of nitrogens with zero attached hydrogens (tertiary/aromatic N) is 4. The predicted octanol–water partition coefficient (Wildman–Crippen LogP) is 4.07. The Morgan fingerprint density at radius 2 is 1.89 bits per heavy atom. The highest BCUT2D eigenvalue weighted by Crippen LogP contribution is 2.31. The molecule has 0 aliphatic heterocycles. The smallest absolute Gasteiger partial charge is 0.255 e. The van der Waals surface area contributed by atoms with E-state index in [1.165, 1.54) is 5.56 Å². The van der Waals surface area contributed by atoms with Gasteiger partial charge < -0.3 is 14.8 Å². The van der Waals surface area contributed by atoms with Crippen molar-refractivity contribution in [2.24, 2.45) is 0 Å². The fourth-order valence-electron chi connectivity index (χ4n) is 4.46. The van der Waals surface area contributed by atoms with E-state index in [0.29, 0.717) is 35.2 Å². The number of hydrogen-bond acceptors (Lipinski definition) is 6. The molecule has 1 N–H and O–H groups in total. The highest BCUT2D eigenvalue weighted by Gasteiger charge is 2.20. The van der Waals surface area contributed by atoms with Crippen molar-refractivity contribution in [2.75, 3.05) is 14.2 Å². The summed E-state index contributed by atoms with van der Waals surface area (Å²) in [5, 5.41) is 7.39. The molecule has 8 nitrogen and oxygen atoms in total. The Labute approximate surface area is 204 Å². The predicted molar refractivity (Wildman–Crippen MR) is 132 cm³/mol. The summed E-state index contributed by atoms with van der Waals surface area (Å²) in [6, 6.07) is 13.9. The first-order valence-electron chi connectivity index (χ1n) is 11.6. The van der Waals surface area contributed by atoms with Crippen LogP contribution in [0.3, 0.4) is 0 Å². The summed E-state index contributed by atoms with van der Waals surface area (Å²) >= 11 is 0. The third-order valence-electron chi connectivity index (χ3n) is 6.39. The second-order valence-electron chi connectivity index (χ2n) is 8.47. The fraction of sp³-hybridized carbons (Fsp3) is 0.259. The molecule has 2 heterocycles. The molecular weight excluding hydrogens is 442 g/mol. The summed E-state index contributed by atoms with van der Waals surface area (Å²) < 4.78 is 12.3. The van der Waals surface area contributed by atoms with Crippen molar-refractivity contribution in [3.63, 3.8) is 0 Å². The Kier molecular flexibility index (Phi) is 6.18. The maximum absolute atomic E-state index is 13.0. The lowest BCUT2D eigenvalue weighted by Gasteiger charge is -2.12. The number of aromatic nitrogens is 4. The van der Waals surface area contributed by atoms with Gasteiger partial charge in [-0.3, -0.25) is 4.79 Å². The van der Waals surface area contributed by atoms with Crippen LogP contribution in [0, 0.1) is 6.92 Å². The molecule has 0 saturated heterocycles. The van der Waals surface area contributed by atoms with Gasteiger partial charge in [0.05, 0.1) is 37.4 Å². The van der Waals surface area contributed by atoms with Crippen LogP contribution in [0.1, 0.15) is 39.2 Å². The SMILES string of the molecule is COc1ccc(CNC(=O)c2cnn(-c3ncc4c(n3)-c3ccccc3CCC4)c2C)c(OC)c1. The van der Waals surface area contributed by atoms with Gasteiger partial charge in [0, 0.05) is 29.9 Å². The van der Waals surface area contributed by atoms with Crippen LogP contribution in [0.25, 0.3) is 17.2 Å². The Morgan fingerprint density at radius 3 is 2.71 bits per heavy atom. The molecule has 35 heavy (non-hydrogen) atoms. The molecule has 1 aliphatic carbocycles. The third kappa shape index (κ3) is 4.35. The molecule has 5 rings (SSSR count). The summed E-state index contributed by atoms with van der Waals surface area (Å²) in [5.41, 5.74) is 6.49. The zero-order chi connectivity index (χ0) is 24.4. The minimum Gasteiger partial charge on any atom is -0.497 e.